The zero-order valence-electron chi connectivity index (χ0n) is 9.02. The van der Waals surface area contributed by atoms with E-state index in [4.69, 9.17) is 5.73 Å². The highest BCUT2D eigenvalue weighted by molar-refractivity contribution is 9.10. The monoisotopic (exact) mass is 310 g/mol. The van der Waals surface area contributed by atoms with Crippen LogP contribution >= 0.6 is 15.9 Å². The Morgan fingerprint density at radius 2 is 2.06 bits per heavy atom. The summed E-state index contributed by atoms with van der Waals surface area (Å²) in [5.41, 5.74) is 5.76. The molecule has 0 aliphatic carbocycles. The predicted octanol–water partition coefficient (Wildman–Crippen LogP) is 2.21. The molecule has 92 valence electrons. The number of anilines is 2. The molecular weight excluding hydrogens is 303 g/mol. The third-order valence-corrected chi connectivity index (χ3v) is 2.45. The molecule has 0 saturated heterocycles. The first-order valence-electron chi connectivity index (χ1n) is 4.89. The van der Waals surface area contributed by atoms with Crippen molar-refractivity contribution in [2.24, 2.45) is 0 Å². The molecule has 1 heterocycles. The molecule has 7 heteroatoms. The summed E-state index contributed by atoms with van der Waals surface area (Å²) in [4.78, 5) is 19.6. The van der Waals surface area contributed by atoms with Crippen molar-refractivity contribution in [3.63, 3.8) is 0 Å². The molecule has 3 N–H and O–H groups in total. The lowest BCUT2D eigenvalue weighted by molar-refractivity contribution is 0.102. The van der Waals surface area contributed by atoms with Crippen molar-refractivity contribution in [3.8, 4) is 0 Å². The summed E-state index contributed by atoms with van der Waals surface area (Å²) in [6, 6.07) is 3.61. The highest BCUT2D eigenvalue weighted by atomic mass is 79.9. The normalized spacial score (nSPS) is 10.1. The average Bonchev–Trinajstić information content (AvgIpc) is 2.31. The van der Waals surface area contributed by atoms with Crippen LogP contribution in [0.5, 0.6) is 0 Å². The molecule has 0 aliphatic rings. The zero-order chi connectivity index (χ0) is 13.1. The van der Waals surface area contributed by atoms with Crippen LogP contribution in [0.1, 0.15) is 10.4 Å². The minimum atomic E-state index is -0.568. The van der Waals surface area contributed by atoms with Gasteiger partial charge in [-0.3, -0.25) is 4.79 Å². The lowest BCUT2D eigenvalue weighted by Gasteiger charge is -2.05. The number of nitrogens with one attached hydrogen (secondary N) is 1. The molecule has 0 bridgehead atoms. The van der Waals surface area contributed by atoms with E-state index in [1.807, 2.05) is 0 Å². The van der Waals surface area contributed by atoms with Crippen molar-refractivity contribution in [2.45, 2.75) is 0 Å². The van der Waals surface area contributed by atoms with E-state index in [1.165, 1.54) is 18.5 Å². The summed E-state index contributed by atoms with van der Waals surface area (Å²) in [6.45, 7) is 0. The van der Waals surface area contributed by atoms with Gasteiger partial charge < -0.3 is 11.1 Å². The van der Waals surface area contributed by atoms with E-state index in [-0.39, 0.29) is 17.1 Å². The molecule has 2 aromatic rings. The molecule has 0 saturated carbocycles. The van der Waals surface area contributed by atoms with Crippen molar-refractivity contribution >= 4 is 33.3 Å². The Balaban J connectivity index is 2.19. The number of hydrogen-bond donors (Lipinski definition) is 2. The van der Waals surface area contributed by atoms with Gasteiger partial charge in [-0.25, -0.2) is 14.4 Å². The molecule has 1 aromatic heterocycles. The lowest BCUT2D eigenvalue weighted by Crippen LogP contribution is -2.13. The molecule has 0 atom stereocenters. The van der Waals surface area contributed by atoms with Gasteiger partial charge in [0.1, 0.15) is 10.4 Å². The molecule has 0 unspecified atom stereocenters. The Morgan fingerprint density at radius 3 is 2.67 bits per heavy atom. The maximum absolute atomic E-state index is 13.1. The predicted molar refractivity (Wildman–Crippen MR) is 68.5 cm³/mol. The molecule has 1 amide bonds. The Morgan fingerprint density at radius 1 is 1.28 bits per heavy atom. The Bertz CT molecular complexity index is 568. The summed E-state index contributed by atoms with van der Waals surface area (Å²) >= 11 is 3.12. The van der Waals surface area contributed by atoms with Crippen molar-refractivity contribution in [1.82, 2.24) is 9.97 Å². The number of nitrogen functional groups attached to an aromatic ring is 1. The molecule has 0 radical (unpaired) electrons. The number of hydrogen-bond acceptors (Lipinski definition) is 4. The molecule has 18 heavy (non-hydrogen) atoms. The van der Waals surface area contributed by atoms with E-state index < -0.39 is 11.7 Å². The molecule has 0 aliphatic heterocycles. The Hall–Kier alpha value is -2.02. The van der Waals surface area contributed by atoms with Crippen LogP contribution in [-0.4, -0.2) is 15.9 Å². The standard InChI is InChI=1S/C11H8BrFN4O/c12-9-4-16-10(5-15-9)17-11(18)6-1-7(13)3-8(14)2-6/h1-5H,14H2,(H,16,17,18). The van der Waals surface area contributed by atoms with Gasteiger partial charge in [0, 0.05) is 11.3 Å². The second-order valence-electron chi connectivity index (χ2n) is 3.45. The maximum atomic E-state index is 13.1. The Labute approximate surface area is 110 Å². The van der Waals surface area contributed by atoms with Gasteiger partial charge in [0.25, 0.3) is 5.91 Å². The summed E-state index contributed by atoms with van der Waals surface area (Å²) in [7, 11) is 0. The number of amides is 1. The van der Waals surface area contributed by atoms with Crippen LogP contribution in [0.2, 0.25) is 0 Å². The fraction of sp³-hybridized carbons (Fsp3) is 0. The summed E-state index contributed by atoms with van der Waals surface area (Å²) in [5.74, 6) is -0.800. The first-order valence-corrected chi connectivity index (χ1v) is 5.69. The Kier molecular flexibility index (Phi) is 3.52. The SMILES string of the molecule is Nc1cc(F)cc(C(=O)Nc2cnc(Br)cn2)c1. The van der Waals surface area contributed by atoms with Gasteiger partial charge in [-0.1, -0.05) is 0 Å². The summed E-state index contributed by atoms with van der Waals surface area (Å²) in [6.07, 6.45) is 2.82. The fourth-order valence-electron chi connectivity index (χ4n) is 1.31. The van der Waals surface area contributed by atoms with Gasteiger partial charge in [0.2, 0.25) is 0 Å². The second-order valence-corrected chi connectivity index (χ2v) is 4.26. The smallest absolute Gasteiger partial charge is 0.257 e. The number of nitrogens with zero attached hydrogens (tertiary/aromatic N) is 2. The van der Waals surface area contributed by atoms with E-state index in [9.17, 15) is 9.18 Å². The minimum absolute atomic E-state index is 0.122. The third kappa shape index (κ3) is 3.01. The van der Waals surface area contributed by atoms with Crippen molar-refractivity contribution in [3.05, 3.63) is 46.6 Å². The topological polar surface area (TPSA) is 80.9 Å². The van der Waals surface area contributed by atoms with Gasteiger partial charge in [0.15, 0.2) is 5.82 Å². The molecule has 1 aromatic carbocycles. The first-order chi connectivity index (χ1) is 8.54. The summed E-state index contributed by atoms with van der Waals surface area (Å²) in [5, 5.41) is 2.48. The van der Waals surface area contributed by atoms with Gasteiger partial charge >= 0.3 is 0 Å². The average molecular weight is 311 g/mol. The van der Waals surface area contributed by atoms with Crippen LogP contribution < -0.4 is 11.1 Å². The third-order valence-electron chi connectivity index (χ3n) is 2.04. The van der Waals surface area contributed by atoms with Crippen LogP contribution in [0.4, 0.5) is 15.9 Å². The minimum Gasteiger partial charge on any atom is -0.399 e. The molecule has 2 rings (SSSR count). The first kappa shape index (κ1) is 12.4. The maximum Gasteiger partial charge on any atom is 0.257 e. The molecule has 0 spiro atoms. The number of carbonyl (C=O) groups is 1. The van der Waals surface area contributed by atoms with Crippen LogP contribution in [-0.2, 0) is 0 Å². The van der Waals surface area contributed by atoms with E-state index in [1.54, 1.807) is 0 Å². The van der Waals surface area contributed by atoms with Crippen molar-refractivity contribution < 1.29 is 9.18 Å². The van der Waals surface area contributed by atoms with E-state index >= 15 is 0 Å². The second kappa shape index (κ2) is 5.09. The number of halogens is 2. The number of nitrogens with two attached hydrogens (primary N) is 1. The largest absolute Gasteiger partial charge is 0.399 e. The van der Waals surface area contributed by atoms with Crippen LogP contribution in [0.25, 0.3) is 0 Å². The zero-order valence-corrected chi connectivity index (χ0v) is 10.6. The number of carbonyl (C=O) groups excluding carboxylic acids is 1. The number of benzene rings is 1. The highest BCUT2D eigenvalue weighted by Gasteiger charge is 2.09. The van der Waals surface area contributed by atoms with Crippen LogP contribution in [0, 0.1) is 5.82 Å². The number of rotatable bonds is 2. The van der Waals surface area contributed by atoms with Crippen molar-refractivity contribution in [2.75, 3.05) is 11.1 Å². The molecule has 0 fully saturated rings. The number of aromatic nitrogens is 2. The lowest BCUT2D eigenvalue weighted by atomic mass is 10.2. The van der Waals surface area contributed by atoms with Gasteiger partial charge in [-0.15, -0.1) is 0 Å². The van der Waals surface area contributed by atoms with E-state index in [0.717, 1.165) is 12.1 Å². The van der Waals surface area contributed by atoms with Crippen LogP contribution in [0.15, 0.2) is 35.2 Å². The highest BCUT2D eigenvalue weighted by Crippen LogP contribution is 2.13. The van der Waals surface area contributed by atoms with E-state index in [2.05, 4.69) is 31.2 Å². The van der Waals surface area contributed by atoms with Gasteiger partial charge in [-0.2, -0.15) is 0 Å². The summed E-state index contributed by atoms with van der Waals surface area (Å²) < 4.78 is 13.6. The quantitative estimate of drug-likeness (QED) is 0.833. The van der Waals surface area contributed by atoms with Crippen LogP contribution in [0.3, 0.4) is 0 Å². The van der Waals surface area contributed by atoms with Crippen molar-refractivity contribution in [1.29, 1.82) is 0 Å². The fourth-order valence-corrected chi connectivity index (χ4v) is 1.51. The van der Waals surface area contributed by atoms with Gasteiger partial charge in [0.05, 0.1) is 12.4 Å². The van der Waals surface area contributed by atoms with Gasteiger partial charge in [-0.05, 0) is 34.1 Å². The van der Waals surface area contributed by atoms with E-state index in [0.29, 0.717) is 4.60 Å². The molecular formula is C11H8BrFN4O. The molecule has 5 nitrogen and oxygen atoms in total.